The quantitative estimate of drug-likeness (QED) is 0.845. The summed E-state index contributed by atoms with van der Waals surface area (Å²) in [4.78, 5) is 15.6. The van der Waals surface area contributed by atoms with E-state index < -0.39 is 17.8 Å². The van der Waals surface area contributed by atoms with Gasteiger partial charge in [0.05, 0.1) is 12.1 Å². The summed E-state index contributed by atoms with van der Waals surface area (Å²) >= 11 is 0. The van der Waals surface area contributed by atoms with Crippen LogP contribution in [0, 0.1) is 5.82 Å². The van der Waals surface area contributed by atoms with Crippen molar-refractivity contribution in [3.05, 3.63) is 24.0 Å². The van der Waals surface area contributed by atoms with Crippen LogP contribution in [0.15, 0.2) is 18.2 Å². The maximum Gasteiger partial charge on any atom is 0.328 e. The largest absolute Gasteiger partial charge is 0.464 e. The molecule has 0 fully saturated rings. The van der Waals surface area contributed by atoms with Gasteiger partial charge in [-0.1, -0.05) is 6.07 Å². The first-order valence-electron chi connectivity index (χ1n) is 5.64. The lowest BCUT2D eigenvalue weighted by Crippen LogP contribution is -2.20. The van der Waals surface area contributed by atoms with E-state index in [1.165, 1.54) is 10.6 Å². The number of para-hydroxylation sites is 1. The molecule has 0 aliphatic heterocycles. The molecule has 0 spiro atoms. The number of aromatic nitrogens is 2. The summed E-state index contributed by atoms with van der Waals surface area (Å²) in [5.41, 5.74) is 6.37. The number of benzene rings is 1. The van der Waals surface area contributed by atoms with Crippen LogP contribution in [0.25, 0.3) is 11.0 Å². The molecule has 0 bridgehead atoms. The zero-order chi connectivity index (χ0) is 13.3. The molecule has 2 aromatic rings. The Morgan fingerprint density at radius 3 is 3.00 bits per heavy atom. The van der Waals surface area contributed by atoms with Gasteiger partial charge in [-0.2, -0.15) is 0 Å². The lowest BCUT2D eigenvalue weighted by atomic mass is 10.2. The van der Waals surface area contributed by atoms with Gasteiger partial charge < -0.3 is 10.5 Å². The van der Waals surface area contributed by atoms with Crippen LogP contribution >= 0.6 is 0 Å². The molecular formula is C12H14FN3O2. The molecule has 1 atom stereocenters. The number of rotatable bonds is 3. The van der Waals surface area contributed by atoms with Gasteiger partial charge >= 0.3 is 5.97 Å². The predicted molar refractivity (Wildman–Crippen MR) is 65.4 cm³/mol. The Morgan fingerprint density at radius 2 is 2.33 bits per heavy atom. The first kappa shape index (κ1) is 12.3. The Bertz CT molecular complexity index is 594. The summed E-state index contributed by atoms with van der Waals surface area (Å²) in [6.45, 7) is 3.64. The number of imidazole rings is 1. The van der Waals surface area contributed by atoms with Crippen LogP contribution in [0.1, 0.15) is 19.9 Å². The van der Waals surface area contributed by atoms with Gasteiger partial charge in [0.1, 0.15) is 11.6 Å². The molecule has 1 heterocycles. The molecule has 6 heteroatoms. The molecule has 0 aliphatic carbocycles. The van der Waals surface area contributed by atoms with E-state index in [1.54, 1.807) is 26.0 Å². The fourth-order valence-electron chi connectivity index (χ4n) is 1.88. The fourth-order valence-corrected chi connectivity index (χ4v) is 1.88. The summed E-state index contributed by atoms with van der Waals surface area (Å²) in [6, 6.07) is 3.87. The zero-order valence-electron chi connectivity index (χ0n) is 10.2. The normalized spacial score (nSPS) is 12.6. The van der Waals surface area contributed by atoms with Crippen LogP contribution in [0.5, 0.6) is 0 Å². The van der Waals surface area contributed by atoms with Gasteiger partial charge in [-0.25, -0.2) is 14.2 Å². The van der Waals surface area contributed by atoms with Crippen LogP contribution in [0.2, 0.25) is 0 Å². The number of anilines is 1. The Morgan fingerprint density at radius 1 is 1.61 bits per heavy atom. The summed E-state index contributed by atoms with van der Waals surface area (Å²) in [5.74, 6) is -0.794. The van der Waals surface area contributed by atoms with Crippen LogP contribution < -0.4 is 5.73 Å². The SMILES string of the molecule is CCOC(=O)C(C)n1c(N)nc2c(F)cccc21. The zero-order valence-corrected chi connectivity index (χ0v) is 10.2. The third-order valence-electron chi connectivity index (χ3n) is 2.71. The highest BCUT2D eigenvalue weighted by Crippen LogP contribution is 2.25. The van der Waals surface area contributed by atoms with Crippen molar-refractivity contribution in [3.8, 4) is 0 Å². The van der Waals surface area contributed by atoms with Gasteiger partial charge in [0.2, 0.25) is 5.95 Å². The van der Waals surface area contributed by atoms with Gasteiger partial charge in [0.15, 0.2) is 5.82 Å². The minimum atomic E-state index is -0.642. The highest BCUT2D eigenvalue weighted by molar-refractivity contribution is 5.83. The second-order valence-corrected chi connectivity index (χ2v) is 3.88. The van der Waals surface area contributed by atoms with Crippen molar-refractivity contribution in [3.63, 3.8) is 0 Å². The van der Waals surface area contributed by atoms with Gasteiger partial charge in [-0.15, -0.1) is 0 Å². The van der Waals surface area contributed by atoms with Crippen LogP contribution in [-0.4, -0.2) is 22.1 Å². The van der Waals surface area contributed by atoms with E-state index in [0.29, 0.717) is 5.52 Å². The maximum atomic E-state index is 13.5. The lowest BCUT2D eigenvalue weighted by Gasteiger charge is -2.14. The first-order valence-corrected chi connectivity index (χ1v) is 5.64. The van der Waals surface area contributed by atoms with Gasteiger partial charge in [-0.05, 0) is 26.0 Å². The standard InChI is InChI=1S/C12H14FN3O2/c1-3-18-11(17)7(2)16-9-6-4-5-8(13)10(9)15-12(16)14/h4-7H,3H2,1-2H3,(H2,14,15). The average Bonchev–Trinajstić information content (AvgIpc) is 2.66. The number of halogens is 1. The summed E-state index contributed by atoms with van der Waals surface area (Å²) in [7, 11) is 0. The maximum absolute atomic E-state index is 13.5. The van der Waals surface area contributed by atoms with Crippen LogP contribution in [-0.2, 0) is 9.53 Å². The third-order valence-corrected chi connectivity index (χ3v) is 2.71. The van der Waals surface area contributed by atoms with E-state index in [4.69, 9.17) is 10.5 Å². The fraction of sp³-hybridized carbons (Fsp3) is 0.333. The topological polar surface area (TPSA) is 70.1 Å². The number of ether oxygens (including phenoxy) is 1. The molecule has 1 aromatic heterocycles. The highest BCUT2D eigenvalue weighted by Gasteiger charge is 2.22. The number of nitrogens with zero attached hydrogens (tertiary/aromatic N) is 2. The molecule has 5 nitrogen and oxygen atoms in total. The molecule has 18 heavy (non-hydrogen) atoms. The number of hydrogen-bond acceptors (Lipinski definition) is 4. The van der Waals surface area contributed by atoms with Crippen LogP contribution in [0.3, 0.4) is 0 Å². The number of hydrogen-bond donors (Lipinski definition) is 1. The molecule has 96 valence electrons. The molecule has 0 radical (unpaired) electrons. The van der Waals surface area contributed by atoms with Crippen molar-refractivity contribution in [2.45, 2.75) is 19.9 Å². The molecule has 0 saturated carbocycles. The van der Waals surface area contributed by atoms with Crippen molar-refractivity contribution in [2.24, 2.45) is 0 Å². The average molecular weight is 251 g/mol. The van der Waals surface area contributed by atoms with E-state index >= 15 is 0 Å². The lowest BCUT2D eigenvalue weighted by molar-refractivity contribution is -0.146. The number of carbonyl (C=O) groups is 1. The number of nitrogen functional groups attached to an aromatic ring is 1. The van der Waals surface area contributed by atoms with Crippen molar-refractivity contribution in [1.82, 2.24) is 9.55 Å². The van der Waals surface area contributed by atoms with Gasteiger partial charge in [0, 0.05) is 0 Å². The second-order valence-electron chi connectivity index (χ2n) is 3.88. The molecule has 0 saturated heterocycles. The van der Waals surface area contributed by atoms with Crippen molar-refractivity contribution >= 4 is 23.0 Å². The number of carbonyl (C=O) groups excluding carboxylic acids is 1. The van der Waals surface area contributed by atoms with Crippen molar-refractivity contribution < 1.29 is 13.9 Å². The molecular weight excluding hydrogens is 237 g/mol. The number of nitrogens with two attached hydrogens (primary N) is 1. The summed E-state index contributed by atoms with van der Waals surface area (Å²) < 4.78 is 19.9. The Hall–Kier alpha value is -2.11. The van der Waals surface area contributed by atoms with Crippen molar-refractivity contribution in [2.75, 3.05) is 12.3 Å². The van der Waals surface area contributed by atoms with Gasteiger partial charge in [0.25, 0.3) is 0 Å². The molecule has 0 amide bonds. The summed E-state index contributed by atoms with van der Waals surface area (Å²) in [6.07, 6.45) is 0. The smallest absolute Gasteiger partial charge is 0.328 e. The molecule has 1 unspecified atom stereocenters. The van der Waals surface area contributed by atoms with E-state index in [1.807, 2.05) is 0 Å². The Labute approximate surface area is 103 Å². The first-order chi connectivity index (χ1) is 8.56. The van der Waals surface area contributed by atoms with E-state index in [0.717, 1.165) is 0 Å². The molecule has 0 aliphatic rings. The third kappa shape index (κ3) is 1.90. The Kier molecular flexibility index (Phi) is 3.18. The minimum Gasteiger partial charge on any atom is -0.464 e. The molecule has 2 N–H and O–H groups in total. The predicted octanol–water partition coefficient (Wildman–Crippen LogP) is 1.88. The molecule has 1 aromatic carbocycles. The minimum absolute atomic E-state index is 0.0932. The monoisotopic (exact) mass is 251 g/mol. The number of fused-ring (bicyclic) bond motifs is 1. The second kappa shape index (κ2) is 4.64. The summed E-state index contributed by atoms with van der Waals surface area (Å²) in [5, 5.41) is 0. The van der Waals surface area contributed by atoms with Crippen molar-refractivity contribution in [1.29, 1.82) is 0 Å². The van der Waals surface area contributed by atoms with E-state index in [-0.39, 0.29) is 18.1 Å². The number of esters is 1. The van der Waals surface area contributed by atoms with Crippen LogP contribution in [0.4, 0.5) is 10.3 Å². The Balaban J connectivity index is 2.54. The molecule has 2 rings (SSSR count). The highest BCUT2D eigenvalue weighted by atomic mass is 19.1. The van der Waals surface area contributed by atoms with E-state index in [2.05, 4.69) is 4.98 Å². The van der Waals surface area contributed by atoms with Gasteiger partial charge in [-0.3, -0.25) is 4.57 Å². The van der Waals surface area contributed by atoms with E-state index in [9.17, 15) is 9.18 Å².